The highest BCUT2D eigenvalue weighted by Crippen LogP contribution is 2.34. The second-order valence-electron chi connectivity index (χ2n) is 8.18. The Morgan fingerprint density at radius 3 is 2.45 bits per heavy atom. The maximum Gasteiger partial charge on any atom is 0.416 e. The number of carbonyl (C=O) groups is 1. The van der Waals surface area contributed by atoms with Gasteiger partial charge < -0.3 is 14.4 Å². The number of hydrogen-bond acceptors (Lipinski definition) is 4. The van der Waals surface area contributed by atoms with Gasteiger partial charge in [-0.05, 0) is 57.2 Å². The van der Waals surface area contributed by atoms with E-state index in [2.05, 4.69) is 4.98 Å². The van der Waals surface area contributed by atoms with Crippen LogP contribution in [0.15, 0.2) is 54.7 Å². The molecule has 0 atom stereocenters. The number of aliphatic carboxylic acids is 1. The highest BCUT2D eigenvalue weighted by atomic mass is 32.1. The molecule has 0 fully saturated rings. The first-order chi connectivity index (χ1) is 15.4. The molecule has 0 unspecified atom stereocenters. The smallest absolute Gasteiger partial charge is 0.416 e. The average molecular weight is 475 g/mol. The number of hydrogen-bond donors (Lipinski definition) is 1. The van der Waals surface area contributed by atoms with Crippen LogP contribution in [-0.2, 0) is 17.5 Å². The van der Waals surface area contributed by atoms with E-state index in [1.807, 2.05) is 29.8 Å². The Labute approximate surface area is 192 Å². The van der Waals surface area contributed by atoms with E-state index in [0.29, 0.717) is 22.9 Å². The van der Waals surface area contributed by atoms with Crippen LogP contribution in [0.1, 0.15) is 30.0 Å². The second-order valence-corrected chi connectivity index (χ2v) is 9.27. The lowest BCUT2D eigenvalue weighted by molar-refractivity contribution is -0.152. The Balaban J connectivity index is 1.56. The minimum atomic E-state index is -4.37. The number of aromatic nitrogens is 2. The Bertz CT molecular complexity index is 1320. The molecule has 0 spiro atoms. The molecule has 1 N–H and O–H groups in total. The van der Waals surface area contributed by atoms with Gasteiger partial charge in [0.15, 0.2) is 5.60 Å². The Hall–Kier alpha value is -3.33. The van der Waals surface area contributed by atoms with Gasteiger partial charge in [-0.25, -0.2) is 9.78 Å². The lowest BCUT2D eigenvalue weighted by atomic mass is 10.1. The number of carboxylic acids is 1. The van der Waals surface area contributed by atoms with E-state index in [0.717, 1.165) is 33.6 Å². The van der Waals surface area contributed by atoms with Crippen LogP contribution in [0.2, 0.25) is 0 Å². The summed E-state index contributed by atoms with van der Waals surface area (Å²) in [6.07, 6.45) is -2.44. The predicted octanol–water partition coefficient (Wildman–Crippen LogP) is 6.38. The van der Waals surface area contributed by atoms with Gasteiger partial charge in [-0.2, -0.15) is 13.2 Å². The highest BCUT2D eigenvalue weighted by Gasteiger charge is 2.30. The second kappa shape index (κ2) is 8.22. The van der Waals surface area contributed by atoms with E-state index < -0.39 is 23.3 Å². The van der Waals surface area contributed by atoms with Crippen LogP contribution in [0.25, 0.3) is 21.5 Å². The van der Waals surface area contributed by atoms with Crippen LogP contribution >= 0.6 is 11.3 Å². The van der Waals surface area contributed by atoms with Gasteiger partial charge >= 0.3 is 12.1 Å². The molecule has 0 radical (unpaired) electrons. The van der Waals surface area contributed by atoms with E-state index >= 15 is 0 Å². The van der Waals surface area contributed by atoms with E-state index in [-0.39, 0.29) is 0 Å². The van der Waals surface area contributed by atoms with Crippen molar-refractivity contribution in [3.63, 3.8) is 0 Å². The van der Waals surface area contributed by atoms with Crippen LogP contribution in [0, 0.1) is 6.92 Å². The molecule has 172 valence electrons. The molecule has 4 aromatic rings. The number of thiazole rings is 1. The molecule has 5 nitrogen and oxygen atoms in total. The zero-order valence-electron chi connectivity index (χ0n) is 18.1. The lowest BCUT2D eigenvalue weighted by Gasteiger charge is -2.21. The first-order valence-corrected chi connectivity index (χ1v) is 10.9. The van der Waals surface area contributed by atoms with E-state index in [4.69, 9.17) is 4.74 Å². The van der Waals surface area contributed by atoms with Gasteiger partial charge in [-0.1, -0.05) is 12.1 Å². The van der Waals surface area contributed by atoms with Crippen molar-refractivity contribution in [1.29, 1.82) is 0 Å². The van der Waals surface area contributed by atoms with Crippen LogP contribution in [-0.4, -0.2) is 26.2 Å². The maximum atomic E-state index is 12.8. The fourth-order valence-corrected chi connectivity index (χ4v) is 4.44. The molecule has 4 rings (SSSR count). The van der Waals surface area contributed by atoms with E-state index in [1.54, 1.807) is 12.1 Å². The summed E-state index contributed by atoms with van der Waals surface area (Å²) in [6.45, 7) is 5.41. The molecule has 0 aliphatic heterocycles. The summed E-state index contributed by atoms with van der Waals surface area (Å²) in [6, 6.07) is 12.3. The van der Waals surface area contributed by atoms with Crippen molar-refractivity contribution in [2.75, 3.05) is 0 Å². The van der Waals surface area contributed by atoms with Crippen molar-refractivity contribution in [3.8, 4) is 16.3 Å². The van der Waals surface area contributed by atoms with Crippen LogP contribution in [0.4, 0.5) is 13.2 Å². The minimum Gasteiger partial charge on any atom is -0.478 e. The van der Waals surface area contributed by atoms with Gasteiger partial charge in [0.1, 0.15) is 10.8 Å². The average Bonchev–Trinajstić information content (AvgIpc) is 3.30. The predicted molar refractivity (Wildman–Crippen MR) is 121 cm³/mol. The summed E-state index contributed by atoms with van der Waals surface area (Å²) in [5.74, 6) is -0.587. The maximum absolute atomic E-state index is 12.8. The number of alkyl halides is 3. The normalized spacial score (nSPS) is 12.3. The third-order valence-corrected chi connectivity index (χ3v) is 6.49. The third kappa shape index (κ3) is 4.73. The molecule has 9 heteroatoms. The number of halogens is 3. The number of rotatable bonds is 6. The summed E-state index contributed by atoms with van der Waals surface area (Å²) in [5.41, 5.74) is 0.375. The summed E-state index contributed by atoms with van der Waals surface area (Å²) in [7, 11) is 0. The standard InChI is InChI=1S/C24H21F3N2O3S/c1-14-20(33-21(28-14)15-4-6-17(7-5-15)24(25,26)27)13-29-11-10-16-12-18(8-9-19(16)29)32-23(2,3)22(30)31/h4-12H,13H2,1-3H3,(H,30,31). The van der Waals surface area contributed by atoms with Crippen LogP contribution in [0.5, 0.6) is 5.75 Å². The molecule has 2 heterocycles. The minimum absolute atomic E-state index is 0.464. The van der Waals surface area contributed by atoms with Gasteiger partial charge in [-0.3, -0.25) is 0 Å². The monoisotopic (exact) mass is 474 g/mol. The van der Waals surface area contributed by atoms with Crippen molar-refractivity contribution in [2.24, 2.45) is 0 Å². The number of benzene rings is 2. The van der Waals surface area contributed by atoms with Gasteiger partial charge in [0.2, 0.25) is 0 Å². The van der Waals surface area contributed by atoms with Crippen molar-refractivity contribution in [1.82, 2.24) is 9.55 Å². The molecule has 2 aromatic heterocycles. The van der Waals surface area contributed by atoms with E-state index in [1.165, 1.54) is 37.3 Å². The zero-order chi connectivity index (χ0) is 24.0. The topological polar surface area (TPSA) is 64.4 Å². The fourth-order valence-electron chi connectivity index (χ4n) is 3.37. The molecule has 0 saturated heterocycles. The molecule has 0 amide bonds. The molecule has 0 aliphatic rings. The SMILES string of the molecule is Cc1nc(-c2ccc(C(F)(F)F)cc2)sc1Cn1ccc2cc(OC(C)(C)C(=O)O)ccc21. The number of nitrogens with zero attached hydrogens (tertiary/aromatic N) is 2. The molecule has 0 aliphatic carbocycles. The number of fused-ring (bicyclic) bond motifs is 1. The summed E-state index contributed by atoms with van der Waals surface area (Å²) < 4.78 is 46.1. The van der Waals surface area contributed by atoms with Crippen molar-refractivity contribution in [3.05, 3.63) is 70.9 Å². The quantitative estimate of drug-likeness (QED) is 0.352. The van der Waals surface area contributed by atoms with Crippen molar-refractivity contribution < 1.29 is 27.8 Å². The fraction of sp³-hybridized carbons (Fsp3) is 0.250. The first kappa shape index (κ1) is 22.8. The zero-order valence-corrected chi connectivity index (χ0v) is 18.9. The summed E-state index contributed by atoms with van der Waals surface area (Å²) >= 11 is 1.44. The number of aryl methyl sites for hydroxylation is 1. The molecule has 2 aromatic carbocycles. The molecule has 0 saturated carbocycles. The van der Waals surface area contributed by atoms with Gasteiger partial charge in [0, 0.05) is 27.5 Å². The van der Waals surface area contributed by atoms with Crippen molar-refractivity contribution >= 4 is 28.2 Å². The van der Waals surface area contributed by atoms with Gasteiger partial charge in [0.05, 0.1) is 17.8 Å². The van der Waals surface area contributed by atoms with Crippen LogP contribution < -0.4 is 4.74 Å². The summed E-state index contributed by atoms with van der Waals surface area (Å²) in [5, 5.41) is 10.8. The Morgan fingerprint density at radius 2 is 1.82 bits per heavy atom. The van der Waals surface area contributed by atoms with Gasteiger partial charge in [-0.15, -0.1) is 11.3 Å². The van der Waals surface area contributed by atoms with Crippen molar-refractivity contribution in [2.45, 2.75) is 39.1 Å². The first-order valence-electron chi connectivity index (χ1n) is 10.1. The Kier molecular flexibility index (Phi) is 5.69. The highest BCUT2D eigenvalue weighted by molar-refractivity contribution is 7.15. The largest absolute Gasteiger partial charge is 0.478 e. The lowest BCUT2D eigenvalue weighted by Crippen LogP contribution is -2.37. The van der Waals surface area contributed by atoms with Crippen LogP contribution in [0.3, 0.4) is 0 Å². The molecular weight excluding hydrogens is 453 g/mol. The Morgan fingerprint density at radius 1 is 1.12 bits per heavy atom. The number of carboxylic acid groups (broad SMARTS) is 1. The molecular formula is C24H21F3N2O3S. The molecule has 0 bridgehead atoms. The third-order valence-electron chi connectivity index (χ3n) is 5.30. The molecule has 33 heavy (non-hydrogen) atoms. The number of ether oxygens (including phenoxy) is 1. The van der Waals surface area contributed by atoms with Gasteiger partial charge in [0.25, 0.3) is 0 Å². The van der Waals surface area contributed by atoms with E-state index in [9.17, 15) is 23.1 Å². The summed E-state index contributed by atoms with van der Waals surface area (Å²) in [4.78, 5) is 16.9.